The first-order valence-corrected chi connectivity index (χ1v) is 19.9. The molecule has 3 aromatic carbocycles. The van der Waals surface area contributed by atoms with E-state index in [1.165, 1.54) is 16.2 Å². The van der Waals surface area contributed by atoms with Crippen molar-refractivity contribution >= 4 is 62.6 Å². The summed E-state index contributed by atoms with van der Waals surface area (Å²) in [7, 11) is 0. The predicted octanol–water partition coefficient (Wildman–Crippen LogP) is 7.32. The van der Waals surface area contributed by atoms with Crippen LogP contribution in [0.5, 0.6) is 5.75 Å². The fourth-order valence-electron chi connectivity index (χ4n) is 7.11. The van der Waals surface area contributed by atoms with Crippen LogP contribution in [0.25, 0.3) is 26.3 Å². The summed E-state index contributed by atoms with van der Waals surface area (Å²) < 4.78 is 8.41. The number of fused-ring (bicyclic) bond motifs is 4. The van der Waals surface area contributed by atoms with Crippen molar-refractivity contribution in [3.8, 4) is 21.3 Å². The molecule has 276 valence electrons. The zero-order chi connectivity index (χ0) is 37.5. The van der Waals surface area contributed by atoms with Gasteiger partial charge in [0, 0.05) is 70.1 Å². The zero-order valence-corrected chi connectivity index (χ0v) is 32.5. The molecule has 2 aliphatic heterocycles. The Morgan fingerprint density at radius 3 is 2.54 bits per heavy atom. The van der Waals surface area contributed by atoms with Gasteiger partial charge in [0.25, 0.3) is 0 Å². The maximum atomic E-state index is 13.9. The number of carbonyl (C=O) groups excluding carboxylic acids is 1. The Labute approximate surface area is 325 Å². The highest BCUT2D eigenvalue weighted by atomic mass is 35.5. The number of hydrogen-bond acceptors (Lipinski definition) is 10. The van der Waals surface area contributed by atoms with Crippen molar-refractivity contribution in [1.29, 1.82) is 0 Å². The Balaban J connectivity index is 0.925. The molecular weight excluding hydrogens is 742 g/mol. The number of carbonyl (C=O) groups is 2. The number of aliphatic imine (C=N–C) groups is 1. The van der Waals surface area contributed by atoms with Gasteiger partial charge in [-0.1, -0.05) is 48.0 Å². The Bertz CT molecular complexity index is 2410. The summed E-state index contributed by atoms with van der Waals surface area (Å²) in [6.45, 7) is 10.1. The third-order valence-electron chi connectivity index (χ3n) is 10.1. The number of ether oxygens (including phenoxy) is 1. The molecule has 1 atom stereocenters. The van der Waals surface area contributed by atoms with Gasteiger partial charge < -0.3 is 14.7 Å². The van der Waals surface area contributed by atoms with E-state index in [0.717, 1.165) is 80.0 Å². The zero-order valence-electron chi connectivity index (χ0n) is 30.1. The number of carboxylic acids is 1. The van der Waals surface area contributed by atoms with E-state index in [9.17, 15) is 9.59 Å². The van der Waals surface area contributed by atoms with Crippen molar-refractivity contribution in [3.63, 3.8) is 0 Å². The van der Waals surface area contributed by atoms with E-state index in [1.807, 2.05) is 66.4 Å². The number of aliphatic carboxylic acids is 1. The second-order valence-electron chi connectivity index (χ2n) is 13.6. The van der Waals surface area contributed by atoms with Crippen molar-refractivity contribution in [3.05, 3.63) is 110 Å². The van der Waals surface area contributed by atoms with E-state index in [2.05, 4.69) is 44.6 Å². The second kappa shape index (κ2) is 15.1. The van der Waals surface area contributed by atoms with Gasteiger partial charge in [0.1, 0.15) is 34.2 Å². The van der Waals surface area contributed by atoms with E-state index in [0.29, 0.717) is 36.2 Å². The predicted molar refractivity (Wildman–Crippen MR) is 213 cm³/mol. The van der Waals surface area contributed by atoms with Gasteiger partial charge in [0.15, 0.2) is 5.82 Å². The Morgan fingerprint density at radius 2 is 1.76 bits per heavy atom. The number of hydrogen-bond donors (Lipinski definition) is 1. The summed E-state index contributed by atoms with van der Waals surface area (Å²) >= 11 is 9.40. The number of carboxylic acid groups (broad SMARTS) is 1. The highest BCUT2D eigenvalue weighted by Gasteiger charge is 2.34. The topological polar surface area (TPSA) is 126 Å². The second-order valence-corrected chi connectivity index (χ2v) is 16.1. The first-order chi connectivity index (χ1) is 26.1. The van der Waals surface area contributed by atoms with Gasteiger partial charge in [0.05, 0.1) is 24.2 Å². The lowest BCUT2D eigenvalue weighted by molar-refractivity contribution is -0.136. The summed E-state index contributed by atoms with van der Waals surface area (Å²) in [4.78, 5) is 40.3. The Kier molecular flexibility index (Phi) is 10.1. The molecule has 0 bridgehead atoms. The summed E-state index contributed by atoms with van der Waals surface area (Å²) in [5, 5.41) is 24.4. The summed E-state index contributed by atoms with van der Waals surface area (Å²) in [6.07, 6.45) is 0.0951. The highest BCUT2D eigenvalue weighted by Crippen LogP contribution is 2.40. The average molecular weight is 780 g/mol. The van der Waals surface area contributed by atoms with Crippen LogP contribution in [0, 0.1) is 20.8 Å². The monoisotopic (exact) mass is 779 g/mol. The SMILES string of the molecule is Cc1sc2c(c1C)C(c1ccc(Cl)cc1)=N[C@@H](CC(=O)N1CCN(CCOc3cccc4ccc(-c5nc(CC(=O)O)cs5)cc34)CC1)c1nnc(C)n1-2. The normalized spacial score (nSPS) is 15.8. The van der Waals surface area contributed by atoms with Gasteiger partial charge in [-0.2, -0.15) is 0 Å². The largest absolute Gasteiger partial charge is 0.492 e. The number of aryl methyl sites for hydroxylation is 2. The van der Waals surface area contributed by atoms with Crippen LogP contribution in [0.1, 0.15) is 51.4 Å². The van der Waals surface area contributed by atoms with Crippen LogP contribution in [-0.2, 0) is 16.0 Å². The van der Waals surface area contributed by atoms with Crippen molar-refractivity contribution in [2.45, 2.75) is 39.7 Å². The highest BCUT2D eigenvalue weighted by molar-refractivity contribution is 7.15. The fourth-order valence-corrected chi connectivity index (χ4v) is 9.27. The van der Waals surface area contributed by atoms with E-state index in [4.69, 9.17) is 26.4 Å². The molecule has 1 N–H and O–H groups in total. The third-order valence-corrected chi connectivity index (χ3v) is 12.5. The number of piperazine rings is 1. The maximum absolute atomic E-state index is 13.9. The lowest BCUT2D eigenvalue weighted by Crippen LogP contribution is -2.49. The van der Waals surface area contributed by atoms with Crippen LogP contribution in [0.3, 0.4) is 0 Å². The van der Waals surface area contributed by atoms with E-state index >= 15 is 0 Å². The van der Waals surface area contributed by atoms with Crippen LogP contribution in [0.2, 0.25) is 5.02 Å². The van der Waals surface area contributed by atoms with E-state index in [-0.39, 0.29) is 18.7 Å². The van der Waals surface area contributed by atoms with Gasteiger partial charge in [-0.05, 0) is 56.0 Å². The number of benzene rings is 3. The molecule has 0 saturated carbocycles. The van der Waals surface area contributed by atoms with E-state index < -0.39 is 12.0 Å². The van der Waals surface area contributed by atoms with Gasteiger partial charge in [-0.25, -0.2) is 4.98 Å². The van der Waals surface area contributed by atoms with Gasteiger partial charge in [-0.3, -0.25) is 24.0 Å². The summed E-state index contributed by atoms with van der Waals surface area (Å²) in [5.74, 6) is 1.38. The number of nitrogens with zero attached hydrogens (tertiary/aromatic N) is 7. The molecule has 3 aromatic heterocycles. The Hall–Kier alpha value is -4.95. The molecule has 0 unspecified atom stereocenters. The maximum Gasteiger partial charge on any atom is 0.309 e. The molecular formula is C40H38ClN7O4S2. The van der Waals surface area contributed by atoms with Crippen molar-refractivity contribution in [2.75, 3.05) is 39.3 Å². The lowest BCUT2D eigenvalue weighted by atomic mass is 9.99. The fraction of sp³-hybridized carbons (Fsp3) is 0.300. The third kappa shape index (κ3) is 7.16. The summed E-state index contributed by atoms with van der Waals surface area (Å²) in [5.41, 5.74) is 5.46. The van der Waals surface area contributed by atoms with Crippen molar-refractivity contribution in [1.82, 2.24) is 29.5 Å². The molecule has 1 fully saturated rings. The molecule has 11 nitrogen and oxygen atoms in total. The first kappa shape index (κ1) is 36.0. The van der Waals surface area contributed by atoms with Crippen LogP contribution in [0.15, 0.2) is 71.0 Å². The van der Waals surface area contributed by atoms with Crippen LogP contribution >= 0.6 is 34.3 Å². The van der Waals surface area contributed by atoms with Crippen LogP contribution in [-0.4, -0.2) is 91.6 Å². The molecule has 5 heterocycles. The quantitative estimate of drug-likeness (QED) is 0.153. The molecule has 2 aliphatic rings. The number of amides is 1. The summed E-state index contributed by atoms with van der Waals surface area (Å²) in [6, 6.07) is 19.3. The van der Waals surface area contributed by atoms with Gasteiger partial charge >= 0.3 is 5.97 Å². The van der Waals surface area contributed by atoms with Crippen LogP contribution in [0.4, 0.5) is 0 Å². The molecule has 6 aromatic rings. The number of halogens is 1. The molecule has 14 heteroatoms. The molecule has 0 spiro atoms. The molecule has 1 saturated heterocycles. The minimum atomic E-state index is -0.896. The number of rotatable bonds is 10. The molecule has 0 radical (unpaired) electrons. The smallest absolute Gasteiger partial charge is 0.309 e. The number of thiazole rings is 1. The van der Waals surface area contributed by atoms with Gasteiger partial charge in [0.2, 0.25) is 5.91 Å². The minimum Gasteiger partial charge on any atom is -0.492 e. The van der Waals surface area contributed by atoms with Crippen LogP contribution < -0.4 is 4.74 Å². The number of aromatic nitrogens is 4. The molecule has 1 amide bonds. The van der Waals surface area contributed by atoms with E-state index in [1.54, 1.807) is 16.7 Å². The molecule has 54 heavy (non-hydrogen) atoms. The Morgan fingerprint density at radius 1 is 0.981 bits per heavy atom. The lowest BCUT2D eigenvalue weighted by Gasteiger charge is -2.35. The average Bonchev–Trinajstić information content (AvgIpc) is 3.84. The van der Waals surface area contributed by atoms with Gasteiger partial charge in [-0.15, -0.1) is 32.9 Å². The first-order valence-electron chi connectivity index (χ1n) is 17.8. The minimum absolute atomic E-state index is 0.0438. The molecule has 0 aliphatic carbocycles. The van der Waals surface area contributed by atoms with Crippen molar-refractivity contribution in [2.24, 2.45) is 4.99 Å². The number of thiophene rings is 1. The molecule has 8 rings (SSSR count). The van der Waals surface area contributed by atoms with Crippen molar-refractivity contribution < 1.29 is 19.4 Å². The standard InChI is InChI=1S/C40H38ClN7O4S2/c1-23-24(2)54-40-36(23)37(27-9-11-29(41)12-10-27)43-32(38-45-44-25(3)48(38)40)21-34(49)47-15-13-46(14-16-47)17-18-52-33-6-4-5-26-7-8-28(19-31(26)33)39-42-30(22-53-39)20-35(50)51/h4-12,19,22,32H,13-18,20-21H2,1-3H3,(H,50,51)/t32-/m0/s1.